The maximum Gasteiger partial charge on any atom is 0.328 e. The number of aromatic nitrogens is 2. The van der Waals surface area contributed by atoms with E-state index in [-0.39, 0.29) is 5.78 Å². The molecule has 1 heterocycles. The van der Waals surface area contributed by atoms with E-state index in [0.717, 1.165) is 28.3 Å². The van der Waals surface area contributed by atoms with Crippen molar-refractivity contribution in [2.75, 3.05) is 0 Å². The average molecular weight is 407 g/mol. The first-order chi connectivity index (χ1) is 14.0. The number of hydrogen-bond donors (Lipinski definition) is 3. The highest BCUT2D eigenvalue weighted by Crippen LogP contribution is 2.26. The Bertz CT molecular complexity index is 1120. The first-order valence-corrected chi connectivity index (χ1v) is 9.24. The lowest BCUT2D eigenvalue weighted by molar-refractivity contribution is -0.131. The molecule has 0 saturated heterocycles. The molecule has 29 heavy (non-hydrogen) atoms. The molecule has 0 fully saturated rings. The van der Waals surface area contributed by atoms with Crippen molar-refractivity contribution in [2.45, 2.75) is 6.92 Å². The fraction of sp³-hybridized carbons (Fsp3) is 0.0435. The maximum atomic E-state index is 13.1. The summed E-state index contributed by atoms with van der Waals surface area (Å²) >= 11 is 5.93. The van der Waals surface area contributed by atoms with E-state index in [9.17, 15) is 9.59 Å². The molecule has 3 N–H and O–H groups in total. The van der Waals surface area contributed by atoms with Crippen LogP contribution in [0.5, 0.6) is 0 Å². The van der Waals surface area contributed by atoms with Crippen LogP contribution in [0, 0.1) is 6.92 Å². The zero-order valence-electron chi connectivity index (χ0n) is 15.6. The van der Waals surface area contributed by atoms with Gasteiger partial charge in [-0.05, 0) is 71.7 Å². The van der Waals surface area contributed by atoms with Crippen molar-refractivity contribution >= 4 is 29.4 Å². The van der Waals surface area contributed by atoms with Crippen LogP contribution in [0.15, 0.2) is 73.1 Å². The van der Waals surface area contributed by atoms with Gasteiger partial charge in [0, 0.05) is 34.6 Å². The number of benzene rings is 2. The van der Waals surface area contributed by atoms with Gasteiger partial charge >= 0.3 is 5.97 Å². The molecule has 5 nitrogen and oxygen atoms in total. The molecule has 0 spiro atoms. The fourth-order valence-corrected chi connectivity index (χ4v) is 3.07. The number of rotatable bonds is 5. The average Bonchev–Trinajstić information content (AvgIpc) is 2.70. The van der Waals surface area contributed by atoms with Gasteiger partial charge < -0.3 is 15.3 Å². The van der Waals surface area contributed by atoms with E-state index >= 15 is 0 Å². The first-order valence-electron chi connectivity index (χ1n) is 8.86. The van der Waals surface area contributed by atoms with Gasteiger partial charge in [0.05, 0.1) is 0 Å². The van der Waals surface area contributed by atoms with Gasteiger partial charge in [0.2, 0.25) is 0 Å². The van der Waals surface area contributed by atoms with Crippen molar-refractivity contribution in [3.8, 4) is 11.1 Å². The zero-order valence-corrected chi connectivity index (χ0v) is 16.4. The maximum absolute atomic E-state index is 13.1. The Hall–Kier alpha value is -3.57. The summed E-state index contributed by atoms with van der Waals surface area (Å²) in [5, 5.41) is 15.2. The molecule has 0 radical (unpaired) electrons. The van der Waals surface area contributed by atoms with Gasteiger partial charge in [-0.2, -0.15) is 0 Å². The number of aliphatic carboxylic acids is 1. The topological polar surface area (TPSA) is 86.0 Å². The summed E-state index contributed by atoms with van der Waals surface area (Å²) in [6.07, 6.45) is 5.99. The number of carboxylic acids is 1. The third-order valence-electron chi connectivity index (χ3n) is 4.41. The highest BCUT2D eigenvalue weighted by molar-refractivity contribution is 6.30. The van der Waals surface area contributed by atoms with Crippen LogP contribution in [-0.2, 0) is 4.79 Å². The van der Waals surface area contributed by atoms with Crippen LogP contribution in [0.3, 0.4) is 0 Å². The number of carbonyl (C=O) groups is 2. The summed E-state index contributed by atoms with van der Waals surface area (Å²) in [5.41, 5.74) is 4.29. The van der Waals surface area contributed by atoms with Crippen LogP contribution in [0.25, 0.3) is 17.2 Å². The number of hydrogen-bond acceptors (Lipinski definition) is 2. The third kappa shape index (κ3) is 5.03. The number of halogens is 1. The number of H-pyrrole nitrogens is 2. The van der Waals surface area contributed by atoms with Crippen LogP contribution in [0.1, 0.15) is 27.0 Å². The molecular formula is C23H19ClN2O3. The Morgan fingerprint density at radius 2 is 1.79 bits per heavy atom. The molecule has 1 aromatic heterocycles. The van der Waals surface area contributed by atoms with Crippen LogP contribution < -0.4 is 0 Å². The van der Waals surface area contributed by atoms with Crippen molar-refractivity contribution in [1.29, 1.82) is 0 Å². The van der Waals surface area contributed by atoms with Gasteiger partial charge in [0.15, 0.2) is 5.78 Å². The monoisotopic (exact) mass is 406 g/mol. The molecular weight excluding hydrogens is 388 g/mol. The molecule has 3 rings (SSSR count). The molecule has 0 aliphatic heterocycles. The van der Waals surface area contributed by atoms with Gasteiger partial charge in [-0.15, -0.1) is 0 Å². The number of carboxylic acid groups (broad SMARTS) is 1. The Morgan fingerprint density at radius 3 is 2.52 bits per heavy atom. The second kappa shape index (κ2) is 9.08. The van der Waals surface area contributed by atoms with Crippen molar-refractivity contribution in [2.24, 2.45) is 0 Å². The van der Waals surface area contributed by atoms with E-state index in [2.05, 4.69) is 10.2 Å². The largest absolute Gasteiger partial charge is 0.478 e. The molecule has 0 unspecified atom stereocenters. The lowest BCUT2D eigenvalue weighted by Gasteiger charge is -2.10. The lowest BCUT2D eigenvalue weighted by atomic mass is 9.94. The predicted octanol–water partition coefficient (Wildman–Crippen LogP) is 5.42. The van der Waals surface area contributed by atoms with E-state index in [1.165, 1.54) is 6.08 Å². The first kappa shape index (κ1) is 20.2. The molecule has 0 aliphatic rings. The third-order valence-corrected chi connectivity index (χ3v) is 4.66. The highest BCUT2D eigenvalue weighted by atomic mass is 35.5. The van der Waals surface area contributed by atoms with E-state index < -0.39 is 5.97 Å². The summed E-state index contributed by atoms with van der Waals surface area (Å²) < 4.78 is 0. The van der Waals surface area contributed by atoms with Gasteiger partial charge in [-0.3, -0.25) is 4.79 Å². The van der Waals surface area contributed by atoms with Crippen molar-refractivity contribution in [3.63, 3.8) is 0 Å². The zero-order chi connectivity index (χ0) is 20.8. The number of ketones is 1. The van der Waals surface area contributed by atoms with Crippen LogP contribution in [0.4, 0.5) is 0 Å². The van der Waals surface area contributed by atoms with Crippen LogP contribution >= 0.6 is 11.6 Å². The summed E-state index contributed by atoms with van der Waals surface area (Å²) in [7, 11) is 0. The second-order valence-electron chi connectivity index (χ2n) is 6.35. The molecule has 0 aliphatic carbocycles. The number of aromatic amines is 2. The molecule has 2 aromatic carbocycles. The minimum absolute atomic E-state index is 0.136. The number of carbonyl (C=O) groups excluding carboxylic acids is 1. The van der Waals surface area contributed by atoms with Crippen LogP contribution in [-0.4, -0.2) is 27.1 Å². The normalized spacial score (nSPS) is 10.7. The lowest BCUT2D eigenvalue weighted by Crippen LogP contribution is -2.04. The van der Waals surface area contributed by atoms with Crippen molar-refractivity contribution in [3.05, 3.63) is 100 Å². The standard InChI is InChI=1S/C23H19ClN2O3/c1-15-20(18-4-2-3-16(13-18)5-10-22(27)28)11-12-25-26-14-21(15)23(29)17-6-8-19(24)9-7-17/h2-14,25-26H,1H3,(H,27,28)/b10-5+,12-11?,20-15?,21-14?. The Kier molecular flexibility index (Phi) is 6.32. The van der Waals surface area contributed by atoms with Gasteiger partial charge in [0.1, 0.15) is 0 Å². The number of nitrogens with one attached hydrogen (secondary N) is 2. The van der Waals surface area contributed by atoms with E-state index in [0.29, 0.717) is 16.1 Å². The van der Waals surface area contributed by atoms with Crippen molar-refractivity contribution < 1.29 is 14.7 Å². The summed E-state index contributed by atoms with van der Waals surface area (Å²) in [6, 6.07) is 16.1. The fourth-order valence-electron chi connectivity index (χ4n) is 2.95. The molecule has 6 heteroatoms. The van der Waals surface area contributed by atoms with E-state index in [4.69, 9.17) is 16.7 Å². The Labute approximate surface area is 173 Å². The van der Waals surface area contributed by atoms with E-state index in [1.54, 1.807) is 36.7 Å². The second-order valence-corrected chi connectivity index (χ2v) is 6.79. The molecule has 0 bridgehead atoms. The summed E-state index contributed by atoms with van der Waals surface area (Å²) in [6.45, 7) is 1.88. The Balaban J connectivity index is 2.12. The minimum Gasteiger partial charge on any atom is -0.478 e. The van der Waals surface area contributed by atoms with Gasteiger partial charge in [-0.1, -0.05) is 29.8 Å². The van der Waals surface area contributed by atoms with E-state index in [1.807, 2.05) is 37.3 Å². The minimum atomic E-state index is -1.01. The summed E-state index contributed by atoms with van der Waals surface area (Å²) in [5.74, 6) is -1.14. The van der Waals surface area contributed by atoms with Crippen molar-refractivity contribution in [1.82, 2.24) is 10.2 Å². The van der Waals surface area contributed by atoms with Crippen LogP contribution in [0.2, 0.25) is 5.02 Å². The SMILES string of the molecule is Cc1c(C(=O)c2ccc(Cl)cc2)c[nH][nH]ccc1-c1cccc(/C=C/C(=O)O)c1. The summed E-state index contributed by atoms with van der Waals surface area (Å²) in [4.78, 5) is 23.9. The molecule has 0 saturated carbocycles. The molecule has 0 amide bonds. The highest BCUT2D eigenvalue weighted by Gasteiger charge is 2.14. The molecule has 3 aromatic rings. The quantitative estimate of drug-likeness (QED) is 0.390. The van der Waals surface area contributed by atoms with Gasteiger partial charge in [-0.25, -0.2) is 4.79 Å². The Morgan fingerprint density at radius 1 is 1.03 bits per heavy atom. The van der Waals surface area contributed by atoms with Gasteiger partial charge in [0.25, 0.3) is 0 Å². The predicted molar refractivity (Wildman–Crippen MR) is 114 cm³/mol. The molecule has 0 atom stereocenters. The molecule has 146 valence electrons. The smallest absolute Gasteiger partial charge is 0.328 e.